The minimum absolute atomic E-state index is 0.00380. The number of amides is 1. The third-order valence-electron chi connectivity index (χ3n) is 4.81. The van der Waals surface area contributed by atoms with E-state index >= 15 is 0 Å². The maximum Gasteiger partial charge on any atom is 0.243 e. The van der Waals surface area contributed by atoms with Gasteiger partial charge in [-0.3, -0.25) is 4.79 Å². The summed E-state index contributed by atoms with van der Waals surface area (Å²) in [4.78, 5) is 12.8. The Morgan fingerprint density at radius 2 is 1.78 bits per heavy atom. The Labute approximate surface area is 159 Å². The molecule has 7 heteroatoms. The summed E-state index contributed by atoms with van der Waals surface area (Å²) in [6.45, 7) is 2.32. The third kappa shape index (κ3) is 4.36. The number of piperidine rings is 1. The largest absolute Gasteiger partial charge is 0.325 e. The Balaban J connectivity index is 1.81. The molecule has 1 saturated heterocycles. The van der Waals surface area contributed by atoms with E-state index in [0.29, 0.717) is 18.5 Å². The first-order chi connectivity index (χ1) is 12.9. The Morgan fingerprint density at radius 1 is 1.11 bits per heavy atom. The summed E-state index contributed by atoms with van der Waals surface area (Å²) >= 11 is 0. The maximum absolute atomic E-state index is 13.1. The van der Waals surface area contributed by atoms with Crippen LogP contribution in [-0.2, 0) is 21.2 Å². The van der Waals surface area contributed by atoms with Gasteiger partial charge < -0.3 is 5.32 Å². The van der Waals surface area contributed by atoms with Crippen molar-refractivity contribution in [3.63, 3.8) is 0 Å². The van der Waals surface area contributed by atoms with Gasteiger partial charge in [-0.15, -0.1) is 0 Å². The molecule has 144 valence electrons. The molecule has 0 unspecified atom stereocenters. The number of aryl methyl sites for hydroxylation is 1. The van der Waals surface area contributed by atoms with E-state index in [0.717, 1.165) is 30.5 Å². The summed E-state index contributed by atoms with van der Waals surface area (Å²) in [5.74, 6) is -0.845. The number of halogens is 1. The van der Waals surface area contributed by atoms with Crippen molar-refractivity contribution in [2.24, 2.45) is 0 Å². The van der Waals surface area contributed by atoms with Crippen molar-refractivity contribution in [1.29, 1.82) is 0 Å². The van der Waals surface area contributed by atoms with Gasteiger partial charge in [0.1, 0.15) is 11.9 Å². The van der Waals surface area contributed by atoms with Crippen LogP contribution >= 0.6 is 0 Å². The average Bonchev–Trinajstić information content (AvgIpc) is 2.69. The standard InChI is InChI=1S/C20H23FN2O3S/c1-2-15-6-10-17(11-7-15)22-20(24)19-5-3-4-14-23(19)27(25,26)18-12-8-16(21)9-13-18/h6-13,19H,2-5,14H2,1H3,(H,22,24)/t19-/m0/s1. The molecular formula is C20H23FN2O3S. The van der Waals surface area contributed by atoms with Crippen LogP contribution < -0.4 is 5.32 Å². The first kappa shape index (κ1) is 19.5. The van der Waals surface area contributed by atoms with E-state index in [1.165, 1.54) is 16.4 Å². The molecule has 0 aliphatic carbocycles. The van der Waals surface area contributed by atoms with Crippen LogP contribution in [0.25, 0.3) is 0 Å². The number of sulfonamides is 1. The molecule has 27 heavy (non-hydrogen) atoms. The monoisotopic (exact) mass is 390 g/mol. The van der Waals surface area contributed by atoms with Gasteiger partial charge in [-0.05, 0) is 61.2 Å². The number of carbonyl (C=O) groups is 1. The molecule has 0 spiro atoms. The van der Waals surface area contributed by atoms with Crippen molar-refractivity contribution < 1.29 is 17.6 Å². The molecule has 5 nitrogen and oxygen atoms in total. The maximum atomic E-state index is 13.1. The fraction of sp³-hybridized carbons (Fsp3) is 0.350. The lowest BCUT2D eigenvalue weighted by Gasteiger charge is -2.33. The molecule has 1 amide bonds. The summed E-state index contributed by atoms with van der Waals surface area (Å²) < 4.78 is 40.3. The molecule has 1 aliphatic heterocycles. The quantitative estimate of drug-likeness (QED) is 0.849. The molecular weight excluding hydrogens is 367 g/mol. The molecule has 1 fully saturated rings. The summed E-state index contributed by atoms with van der Waals surface area (Å²) in [6.07, 6.45) is 2.83. The van der Waals surface area contributed by atoms with Gasteiger partial charge in [-0.2, -0.15) is 4.31 Å². The number of anilines is 1. The lowest BCUT2D eigenvalue weighted by molar-refractivity contribution is -0.120. The van der Waals surface area contributed by atoms with Gasteiger partial charge in [0.05, 0.1) is 4.90 Å². The first-order valence-electron chi connectivity index (χ1n) is 9.09. The summed E-state index contributed by atoms with van der Waals surface area (Å²) in [5, 5.41) is 2.82. The second-order valence-corrected chi connectivity index (χ2v) is 8.51. The molecule has 1 N–H and O–H groups in total. The number of carbonyl (C=O) groups excluding carboxylic acids is 1. The minimum atomic E-state index is -3.87. The van der Waals surface area contributed by atoms with Crippen LogP contribution in [0.1, 0.15) is 31.7 Å². The zero-order valence-electron chi connectivity index (χ0n) is 15.2. The zero-order valence-corrected chi connectivity index (χ0v) is 16.0. The smallest absolute Gasteiger partial charge is 0.243 e. The summed E-state index contributed by atoms with van der Waals surface area (Å²) in [7, 11) is -3.87. The van der Waals surface area contributed by atoms with Crippen LogP contribution in [0.2, 0.25) is 0 Å². The van der Waals surface area contributed by atoms with Crippen molar-refractivity contribution in [3.8, 4) is 0 Å². The van der Waals surface area contributed by atoms with E-state index in [9.17, 15) is 17.6 Å². The third-order valence-corrected chi connectivity index (χ3v) is 6.73. The van der Waals surface area contributed by atoms with E-state index in [1.54, 1.807) is 0 Å². The van der Waals surface area contributed by atoms with Gasteiger partial charge in [-0.25, -0.2) is 12.8 Å². The normalized spacial score (nSPS) is 18.2. The number of rotatable bonds is 5. The number of benzene rings is 2. The average molecular weight is 390 g/mol. The summed E-state index contributed by atoms with van der Waals surface area (Å²) in [5.41, 5.74) is 1.80. The molecule has 1 aliphatic rings. The van der Waals surface area contributed by atoms with Gasteiger partial charge in [-0.1, -0.05) is 25.5 Å². The number of hydrogen-bond donors (Lipinski definition) is 1. The molecule has 0 aromatic heterocycles. The highest BCUT2D eigenvalue weighted by molar-refractivity contribution is 7.89. The molecule has 1 atom stereocenters. The van der Waals surface area contributed by atoms with Gasteiger partial charge in [0.25, 0.3) is 0 Å². The van der Waals surface area contributed by atoms with Gasteiger partial charge in [0.15, 0.2) is 0 Å². The molecule has 2 aromatic rings. The zero-order chi connectivity index (χ0) is 19.4. The Hall–Kier alpha value is -2.25. The van der Waals surface area contributed by atoms with Crippen molar-refractivity contribution in [2.45, 2.75) is 43.5 Å². The van der Waals surface area contributed by atoms with Crippen molar-refractivity contribution in [3.05, 3.63) is 59.9 Å². The van der Waals surface area contributed by atoms with Crippen LogP contribution in [0.4, 0.5) is 10.1 Å². The molecule has 2 aromatic carbocycles. The van der Waals surface area contributed by atoms with Crippen LogP contribution in [0, 0.1) is 5.82 Å². The number of nitrogens with zero attached hydrogens (tertiary/aromatic N) is 1. The summed E-state index contributed by atoms with van der Waals surface area (Å²) in [6, 6.07) is 11.4. The Kier molecular flexibility index (Phi) is 5.92. The second kappa shape index (κ2) is 8.19. The molecule has 3 rings (SSSR count). The molecule has 0 bridgehead atoms. The highest BCUT2D eigenvalue weighted by atomic mass is 32.2. The van der Waals surface area contributed by atoms with E-state index in [-0.39, 0.29) is 17.3 Å². The highest BCUT2D eigenvalue weighted by Crippen LogP contribution is 2.26. The topological polar surface area (TPSA) is 66.5 Å². The fourth-order valence-electron chi connectivity index (χ4n) is 3.25. The second-order valence-electron chi connectivity index (χ2n) is 6.62. The van der Waals surface area contributed by atoms with Gasteiger partial charge in [0, 0.05) is 12.2 Å². The number of hydrogen-bond acceptors (Lipinski definition) is 3. The Bertz CT molecular complexity index is 896. The predicted molar refractivity (Wildman–Crippen MR) is 102 cm³/mol. The Morgan fingerprint density at radius 3 is 2.41 bits per heavy atom. The van der Waals surface area contributed by atoms with E-state index in [4.69, 9.17) is 0 Å². The van der Waals surface area contributed by atoms with E-state index < -0.39 is 21.9 Å². The van der Waals surface area contributed by atoms with Gasteiger partial charge >= 0.3 is 0 Å². The highest BCUT2D eigenvalue weighted by Gasteiger charge is 2.37. The molecule has 0 radical (unpaired) electrons. The van der Waals surface area contributed by atoms with Crippen LogP contribution in [-0.4, -0.2) is 31.2 Å². The van der Waals surface area contributed by atoms with Crippen LogP contribution in [0.5, 0.6) is 0 Å². The van der Waals surface area contributed by atoms with Gasteiger partial charge in [0.2, 0.25) is 15.9 Å². The van der Waals surface area contributed by atoms with Crippen LogP contribution in [0.15, 0.2) is 53.4 Å². The lowest BCUT2D eigenvalue weighted by Crippen LogP contribution is -2.49. The lowest BCUT2D eigenvalue weighted by atomic mass is 10.0. The SMILES string of the molecule is CCc1ccc(NC(=O)[C@@H]2CCCCN2S(=O)(=O)c2ccc(F)cc2)cc1. The van der Waals surface area contributed by atoms with Crippen LogP contribution in [0.3, 0.4) is 0 Å². The fourth-order valence-corrected chi connectivity index (χ4v) is 4.90. The minimum Gasteiger partial charge on any atom is -0.325 e. The van der Waals surface area contributed by atoms with Crippen molar-refractivity contribution in [2.75, 3.05) is 11.9 Å². The van der Waals surface area contributed by atoms with E-state index in [1.807, 2.05) is 31.2 Å². The first-order valence-corrected chi connectivity index (χ1v) is 10.5. The molecule has 1 heterocycles. The van der Waals surface area contributed by atoms with E-state index in [2.05, 4.69) is 5.32 Å². The number of nitrogens with one attached hydrogen (secondary N) is 1. The van der Waals surface area contributed by atoms with Crippen molar-refractivity contribution >= 4 is 21.6 Å². The molecule has 0 saturated carbocycles. The van der Waals surface area contributed by atoms with Crippen molar-refractivity contribution in [1.82, 2.24) is 4.31 Å². The predicted octanol–water partition coefficient (Wildman–Crippen LogP) is 3.57.